The molecule has 3 heteroatoms. The van der Waals surface area contributed by atoms with Crippen LogP contribution in [0.4, 0.5) is 5.95 Å². The Morgan fingerprint density at radius 3 is 3.00 bits per heavy atom. The van der Waals surface area contributed by atoms with Crippen LogP contribution in [-0.4, -0.2) is 17.0 Å². The summed E-state index contributed by atoms with van der Waals surface area (Å²) in [4.78, 5) is 6.37. The number of nitrogens with zero attached hydrogens (tertiary/aromatic N) is 1. The summed E-state index contributed by atoms with van der Waals surface area (Å²) < 4.78 is 0. The maximum absolute atomic E-state index is 3.69. The van der Waals surface area contributed by atoms with Gasteiger partial charge in [0.15, 0.2) is 0 Å². The Hall–Kier alpha value is -1.17. The Labute approximate surface area is 41.8 Å². The number of H-pyrrole nitrogens is 1. The molecule has 1 heterocycles. The molecule has 0 aromatic carbocycles. The second kappa shape index (κ2) is 1.52. The van der Waals surface area contributed by atoms with Gasteiger partial charge in [-0.2, -0.15) is 4.98 Å². The van der Waals surface area contributed by atoms with E-state index in [1.165, 1.54) is 0 Å². The molecule has 0 atom stereocenters. The van der Waals surface area contributed by atoms with Crippen LogP contribution in [0.15, 0.2) is 0 Å². The van der Waals surface area contributed by atoms with Crippen LogP contribution in [0, 0.1) is 12.4 Å². The van der Waals surface area contributed by atoms with E-state index < -0.39 is 0 Å². The zero-order valence-corrected chi connectivity index (χ0v) is 3.95. The van der Waals surface area contributed by atoms with Crippen LogP contribution in [0.2, 0.25) is 0 Å². The molecular formula is C4H5N3. The van der Waals surface area contributed by atoms with Crippen molar-refractivity contribution in [2.45, 2.75) is 0 Å². The second-order valence-corrected chi connectivity index (χ2v) is 1.07. The second-order valence-electron chi connectivity index (χ2n) is 1.07. The summed E-state index contributed by atoms with van der Waals surface area (Å²) in [5.41, 5.74) is 0. The Morgan fingerprint density at radius 1 is 1.86 bits per heavy atom. The Bertz CT molecular complexity index is 121. The molecule has 0 unspecified atom stereocenters. The molecule has 36 valence electrons. The highest BCUT2D eigenvalue weighted by atomic mass is 15.1. The highest BCUT2D eigenvalue weighted by Gasteiger charge is 1.79. The number of hydrogen-bond acceptors (Lipinski definition) is 2. The van der Waals surface area contributed by atoms with Gasteiger partial charge < -0.3 is 5.32 Å². The summed E-state index contributed by atoms with van der Waals surface area (Å²) in [5.74, 6) is 0.694. The predicted molar refractivity (Wildman–Crippen MR) is 25.8 cm³/mol. The zero-order chi connectivity index (χ0) is 5.11. The number of nitrogens with one attached hydrogen (secondary N) is 2. The van der Waals surface area contributed by atoms with E-state index in [1.54, 1.807) is 7.05 Å². The molecule has 1 aromatic rings. The van der Waals surface area contributed by atoms with Crippen LogP contribution < -0.4 is 5.32 Å². The minimum absolute atomic E-state index is 0.694. The van der Waals surface area contributed by atoms with Gasteiger partial charge >= 0.3 is 0 Å². The zero-order valence-electron chi connectivity index (χ0n) is 3.95. The summed E-state index contributed by atoms with van der Waals surface area (Å²) in [6, 6.07) is 0. The fourth-order valence-electron chi connectivity index (χ4n) is 0.317. The molecule has 0 fully saturated rings. The SMILES string of the molecule is CNc1nc#c[nH]1. The Kier molecular flexibility index (Phi) is 0.868. The molecule has 2 N–H and O–H groups in total. The molecule has 3 nitrogen and oxygen atoms in total. The van der Waals surface area contributed by atoms with Crippen molar-refractivity contribution in [2.75, 3.05) is 12.4 Å². The molecule has 0 aliphatic carbocycles. The van der Waals surface area contributed by atoms with Crippen molar-refractivity contribution in [2.24, 2.45) is 0 Å². The van der Waals surface area contributed by atoms with Crippen molar-refractivity contribution in [3.63, 3.8) is 0 Å². The first-order valence-corrected chi connectivity index (χ1v) is 1.95. The van der Waals surface area contributed by atoms with E-state index in [0.29, 0.717) is 5.95 Å². The summed E-state index contributed by atoms with van der Waals surface area (Å²) >= 11 is 0. The van der Waals surface area contributed by atoms with Crippen LogP contribution in [0.1, 0.15) is 0 Å². The number of aromatic amines is 1. The van der Waals surface area contributed by atoms with E-state index in [9.17, 15) is 0 Å². The first-order valence-electron chi connectivity index (χ1n) is 1.95. The lowest BCUT2D eigenvalue weighted by atomic mass is 11.0. The third kappa shape index (κ3) is 0.631. The van der Waals surface area contributed by atoms with Crippen molar-refractivity contribution < 1.29 is 0 Å². The van der Waals surface area contributed by atoms with E-state index >= 15 is 0 Å². The first-order chi connectivity index (χ1) is 3.43. The topological polar surface area (TPSA) is 40.7 Å². The van der Waals surface area contributed by atoms with Gasteiger partial charge in [-0.1, -0.05) is 0 Å². The molecular weight excluding hydrogens is 90.1 g/mol. The largest absolute Gasteiger partial charge is 0.358 e. The predicted octanol–water partition coefficient (Wildman–Crippen LogP) is 0.0518. The van der Waals surface area contributed by atoms with Crippen molar-refractivity contribution >= 4 is 5.95 Å². The molecule has 0 spiro atoms. The maximum Gasteiger partial charge on any atom is 0.216 e. The van der Waals surface area contributed by atoms with Crippen LogP contribution in [0.25, 0.3) is 0 Å². The summed E-state index contributed by atoms with van der Waals surface area (Å²) in [6.45, 7) is 0. The standard InChI is InChI=1S/C4H5N3/c1-5-4-6-2-3-7-4/h1H3,(H2,5,6,7). The fourth-order valence-corrected chi connectivity index (χ4v) is 0.317. The van der Waals surface area contributed by atoms with E-state index in [4.69, 9.17) is 0 Å². The maximum atomic E-state index is 3.69. The van der Waals surface area contributed by atoms with Gasteiger partial charge in [-0.05, 0) is 0 Å². The smallest absolute Gasteiger partial charge is 0.216 e. The van der Waals surface area contributed by atoms with Crippen molar-refractivity contribution in [3.8, 4) is 0 Å². The van der Waals surface area contributed by atoms with Crippen LogP contribution in [0.3, 0.4) is 0 Å². The molecule has 1 aromatic heterocycles. The third-order valence-electron chi connectivity index (χ3n) is 0.641. The van der Waals surface area contributed by atoms with Gasteiger partial charge in [0.2, 0.25) is 5.95 Å². The molecule has 7 heavy (non-hydrogen) atoms. The molecule has 0 bridgehead atoms. The first kappa shape index (κ1) is 4.00. The summed E-state index contributed by atoms with van der Waals surface area (Å²) in [6.07, 6.45) is 5.04. The highest BCUT2D eigenvalue weighted by Crippen LogP contribution is 1.84. The summed E-state index contributed by atoms with van der Waals surface area (Å²) in [7, 11) is 1.78. The number of hydrogen-bond donors (Lipinski definition) is 2. The van der Waals surface area contributed by atoms with Gasteiger partial charge in [0.1, 0.15) is 0 Å². The van der Waals surface area contributed by atoms with E-state index in [-0.39, 0.29) is 0 Å². The quantitative estimate of drug-likeness (QED) is 0.517. The summed E-state index contributed by atoms with van der Waals surface area (Å²) in [5, 5.41) is 2.78. The van der Waals surface area contributed by atoms with Gasteiger partial charge in [0.25, 0.3) is 0 Å². The van der Waals surface area contributed by atoms with Gasteiger partial charge in [-0.25, -0.2) is 0 Å². The Balaban J connectivity index is 2.76. The Morgan fingerprint density at radius 2 is 2.71 bits per heavy atom. The molecule has 0 aliphatic heterocycles. The molecule has 0 saturated heterocycles. The van der Waals surface area contributed by atoms with Crippen molar-refractivity contribution in [3.05, 3.63) is 12.4 Å². The van der Waals surface area contributed by atoms with Crippen LogP contribution >= 0.6 is 0 Å². The van der Waals surface area contributed by atoms with Gasteiger partial charge in [0.05, 0.1) is 6.20 Å². The van der Waals surface area contributed by atoms with Gasteiger partial charge in [0, 0.05) is 13.2 Å². The minimum atomic E-state index is 0.694. The fraction of sp³-hybridized carbons (Fsp3) is 0.250. The van der Waals surface area contributed by atoms with Gasteiger partial charge in [-0.3, -0.25) is 4.98 Å². The average Bonchev–Trinajstić information content (AvgIpc) is 2.14. The lowest BCUT2D eigenvalue weighted by Crippen LogP contribution is -1.88. The van der Waals surface area contributed by atoms with Gasteiger partial charge in [-0.15, -0.1) is 0 Å². The van der Waals surface area contributed by atoms with Crippen LogP contribution in [0.5, 0.6) is 0 Å². The number of aromatic nitrogens is 2. The number of anilines is 1. The lowest BCUT2D eigenvalue weighted by Gasteiger charge is -1.84. The van der Waals surface area contributed by atoms with E-state index in [1.807, 2.05) is 0 Å². The number of rotatable bonds is 1. The lowest BCUT2D eigenvalue weighted by molar-refractivity contribution is 1.25. The van der Waals surface area contributed by atoms with E-state index in [0.717, 1.165) is 0 Å². The molecule has 0 aliphatic rings. The van der Waals surface area contributed by atoms with Crippen LogP contribution in [-0.2, 0) is 0 Å². The molecule has 1 rings (SSSR count). The van der Waals surface area contributed by atoms with E-state index in [2.05, 4.69) is 27.7 Å². The highest BCUT2D eigenvalue weighted by molar-refractivity contribution is 5.18. The monoisotopic (exact) mass is 95.0 g/mol. The molecule has 0 radical (unpaired) electrons. The van der Waals surface area contributed by atoms with Crippen molar-refractivity contribution in [1.29, 1.82) is 0 Å². The van der Waals surface area contributed by atoms with Crippen molar-refractivity contribution in [1.82, 2.24) is 9.97 Å². The average molecular weight is 95.1 g/mol. The molecule has 0 saturated carbocycles. The molecule has 0 amide bonds. The minimum Gasteiger partial charge on any atom is -0.358 e. The normalized spacial score (nSPS) is 7.57. The third-order valence-corrected chi connectivity index (χ3v) is 0.641.